The van der Waals surface area contributed by atoms with E-state index in [1.807, 2.05) is 78.6 Å². The van der Waals surface area contributed by atoms with Gasteiger partial charge in [-0.3, -0.25) is 4.79 Å². The average Bonchev–Trinajstić information content (AvgIpc) is 3.91. The van der Waals surface area contributed by atoms with Gasteiger partial charge in [0.25, 0.3) is 5.91 Å². The van der Waals surface area contributed by atoms with Gasteiger partial charge in [0.05, 0.1) is 25.4 Å². The zero-order valence-electron chi connectivity index (χ0n) is 27.2. The molecule has 2 aliphatic rings. The van der Waals surface area contributed by atoms with Crippen LogP contribution >= 0.6 is 0 Å². The topological polar surface area (TPSA) is 62.8 Å². The number of ether oxygens (including phenoxy) is 2. The van der Waals surface area contributed by atoms with Gasteiger partial charge in [0.15, 0.2) is 0 Å². The van der Waals surface area contributed by atoms with Crippen molar-refractivity contribution in [3.05, 3.63) is 118 Å². The number of hydrogen-bond acceptors (Lipinski definition) is 5. The van der Waals surface area contributed by atoms with Gasteiger partial charge in [0.2, 0.25) is 0 Å². The monoisotopic (exact) mass is 595 g/mol. The second-order valence-corrected chi connectivity index (χ2v) is 11.6. The number of rotatable bonds is 12. The normalized spacial score (nSPS) is 16.8. The van der Waals surface area contributed by atoms with Gasteiger partial charge in [-0.05, 0) is 69.0 Å². The summed E-state index contributed by atoms with van der Waals surface area (Å²) < 4.78 is 11.9. The van der Waals surface area contributed by atoms with Gasteiger partial charge in [-0.25, -0.2) is 0 Å². The molecule has 1 amide bonds. The highest BCUT2D eigenvalue weighted by Gasteiger charge is 2.33. The molecule has 3 aromatic carbocycles. The van der Waals surface area contributed by atoms with E-state index >= 15 is 0 Å². The van der Waals surface area contributed by atoms with Gasteiger partial charge in [-0.15, -0.1) is 0 Å². The van der Waals surface area contributed by atoms with Gasteiger partial charge in [0, 0.05) is 29.5 Å². The predicted molar refractivity (Wildman–Crippen MR) is 181 cm³/mol. The number of benzene rings is 3. The molecule has 44 heavy (non-hydrogen) atoms. The van der Waals surface area contributed by atoms with Crippen molar-refractivity contribution in [1.82, 2.24) is 10.2 Å². The molecule has 0 bridgehead atoms. The molecule has 1 aliphatic heterocycles. The number of carbonyl (C=O) groups excluding carboxylic acids is 1. The molecule has 0 aromatic heterocycles. The Hall–Kier alpha value is -4.03. The Morgan fingerprint density at radius 1 is 1.00 bits per heavy atom. The number of amides is 1. The standard InChI is InChI=1S/C34H39N3O3.C4H10/c1-23(35-25(3)27-16-17-27)14-15-24(2)40-22-29-20-28(18-19-32(29)39-4)33-36-31-13-9-8-12-30(31)34(38)37(33)21-26-10-6-5-7-11-26;1-3-4-2/h5-15,18-20,23-24,33,35-36H,16-17,21-22H2,1-4H3;3-4H2,1-2H3/b15-14-;. The van der Waals surface area contributed by atoms with Crippen molar-refractivity contribution < 1.29 is 14.3 Å². The molecule has 234 valence electrons. The first-order valence-electron chi connectivity index (χ1n) is 16.0. The highest BCUT2D eigenvalue weighted by atomic mass is 16.5. The number of hydrogen-bond donors (Lipinski definition) is 2. The van der Waals surface area contributed by atoms with Crippen molar-refractivity contribution in [1.29, 1.82) is 0 Å². The van der Waals surface area contributed by atoms with E-state index in [9.17, 15) is 4.79 Å². The Balaban J connectivity index is 0.00000104. The lowest BCUT2D eigenvalue weighted by molar-refractivity contribution is 0.0665. The highest BCUT2D eigenvalue weighted by molar-refractivity contribution is 6.01. The van der Waals surface area contributed by atoms with Crippen LogP contribution in [0.3, 0.4) is 0 Å². The van der Waals surface area contributed by atoms with E-state index in [1.54, 1.807) is 7.11 Å². The number of carbonyl (C=O) groups is 1. The van der Waals surface area contributed by atoms with Crippen LogP contribution in [-0.4, -0.2) is 30.1 Å². The Morgan fingerprint density at radius 3 is 2.39 bits per heavy atom. The first kappa shape index (κ1) is 32.9. The first-order valence-corrected chi connectivity index (χ1v) is 16.0. The number of nitrogens with zero attached hydrogens (tertiary/aromatic N) is 1. The largest absolute Gasteiger partial charge is 0.496 e. The van der Waals surface area contributed by atoms with Crippen LogP contribution in [0.2, 0.25) is 0 Å². The third-order valence-electron chi connectivity index (χ3n) is 7.99. The second-order valence-electron chi connectivity index (χ2n) is 11.6. The fourth-order valence-electron chi connectivity index (χ4n) is 5.11. The van der Waals surface area contributed by atoms with Crippen molar-refractivity contribution in [3.8, 4) is 5.75 Å². The SMILES string of the molecule is CCCC.COc1ccc(C2Nc3ccccc3C(=O)N2Cc2ccccc2)cc1COC(C)/C=C\C(C)NC(C)=C1CC1. The van der Waals surface area contributed by atoms with Crippen molar-refractivity contribution in [3.63, 3.8) is 0 Å². The number of anilines is 1. The third-order valence-corrected chi connectivity index (χ3v) is 7.99. The maximum absolute atomic E-state index is 13.7. The van der Waals surface area contributed by atoms with Gasteiger partial charge in [-0.1, -0.05) is 92.9 Å². The Kier molecular flexibility index (Phi) is 12.1. The number of methoxy groups -OCH3 is 1. The molecule has 1 aliphatic carbocycles. The molecule has 1 fully saturated rings. The summed E-state index contributed by atoms with van der Waals surface area (Å²) in [7, 11) is 1.67. The van der Waals surface area contributed by atoms with Crippen molar-refractivity contribution in [2.75, 3.05) is 12.4 Å². The van der Waals surface area contributed by atoms with Gasteiger partial charge >= 0.3 is 0 Å². The van der Waals surface area contributed by atoms with Crippen molar-refractivity contribution in [2.45, 2.75) is 91.8 Å². The van der Waals surface area contributed by atoms with Crippen LogP contribution in [0.5, 0.6) is 5.75 Å². The average molecular weight is 596 g/mol. The number of para-hydroxylation sites is 1. The molecule has 0 saturated heterocycles. The molecule has 1 saturated carbocycles. The van der Waals surface area contributed by atoms with Gasteiger partial charge in [-0.2, -0.15) is 0 Å². The third kappa shape index (κ3) is 8.99. The summed E-state index contributed by atoms with van der Waals surface area (Å²) in [5, 5.41) is 7.15. The molecule has 6 heteroatoms. The summed E-state index contributed by atoms with van der Waals surface area (Å²) in [6.07, 6.45) is 8.93. The Labute approximate surface area is 264 Å². The molecule has 1 heterocycles. The second kappa shape index (κ2) is 16.2. The lowest BCUT2D eigenvalue weighted by atomic mass is 10.0. The van der Waals surface area contributed by atoms with E-state index < -0.39 is 0 Å². The summed E-state index contributed by atoms with van der Waals surface area (Å²) in [5.74, 6) is 0.768. The zero-order chi connectivity index (χ0) is 31.5. The predicted octanol–water partition coefficient (Wildman–Crippen LogP) is 8.78. The lowest BCUT2D eigenvalue weighted by Gasteiger charge is -2.38. The molecular weight excluding hydrogens is 546 g/mol. The van der Waals surface area contributed by atoms with E-state index in [4.69, 9.17) is 9.47 Å². The number of unbranched alkanes of at least 4 members (excludes halogenated alkanes) is 1. The molecule has 5 rings (SSSR count). The van der Waals surface area contributed by atoms with Crippen molar-refractivity contribution in [2.24, 2.45) is 0 Å². The van der Waals surface area contributed by atoms with Crippen LogP contribution in [0.1, 0.15) is 93.5 Å². The maximum atomic E-state index is 13.7. The van der Waals surface area contributed by atoms with Crippen LogP contribution in [0.15, 0.2) is 96.2 Å². The van der Waals surface area contributed by atoms with Crippen LogP contribution in [-0.2, 0) is 17.9 Å². The van der Waals surface area contributed by atoms with Gasteiger partial charge < -0.3 is 25.0 Å². The minimum Gasteiger partial charge on any atom is -0.496 e. The summed E-state index contributed by atoms with van der Waals surface area (Å²) >= 11 is 0. The summed E-state index contributed by atoms with van der Waals surface area (Å²) in [6, 6.07) is 24.1. The van der Waals surface area contributed by atoms with Crippen LogP contribution in [0.4, 0.5) is 5.69 Å². The quantitative estimate of drug-likeness (QED) is 0.205. The van der Waals surface area contributed by atoms with Gasteiger partial charge in [0.1, 0.15) is 11.9 Å². The number of nitrogens with one attached hydrogen (secondary N) is 2. The van der Waals surface area contributed by atoms with E-state index in [-0.39, 0.29) is 24.2 Å². The summed E-state index contributed by atoms with van der Waals surface area (Å²) in [4.78, 5) is 15.6. The molecule has 3 unspecified atom stereocenters. The van der Waals surface area contributed by atoms with E-state index in [2.05, 4.69) is 56.5 Å². The molecule has 6 nitrogen and oxygen atoms in total. The number of allylic oxidation sites excluding steroid dienone is 2. The fraction of sp³-hybridized carbons (Fsp3) is 0.395. The highest BCUT2D eigenvalue weighted by Crippen LogP contribution is 2.36. The minimum atomic E-state index is -0.333. The number of fused-ring (bicyclic) bond motifs is 1. The van der Waals surface area contributed by atoms with Crippen LogP contribution < -0.4 is 15.4 Å². The van der Waals surface area contributed by atoms with Crippen molar-refractivity contribution >= 4 is 11.6 Å². The van der Waals surface area contributed by atoms with E-state index in [0.29, 0.717) is 18.7 Å². The first-order chi connectivity index (χ1) is 21.3. The van der Waals surface area contributed by atoms with E-state index in [0.717, 1.165) is 28.1 Å². The zero-order valence-corrected chi connectivity index (χ0v) is 27.2. The maximum Gasteiger partial charge on any atom is 0.258 e. The summed E-state index contributed by atoms with van der Waals surface area (Å²) in [6.45, 7) is 11.6. The molecule has 0 radical (unpaired) electrons. The molecule has 3 aromatic rings. The lowest BCUT2D eigenvalue weighted by Crippen LogP contribution is -2.42. The Morgan fingerprint density at radius 2 is 1.70 bits per heavy atom. The molecule has 2 N–H and O–H groups in total. The molecule has 0 spiro atoms. The van der Waals surface area contributed by atoms with E-state index in [1.165, 1.54) is 37.0 Å². The smallest absolute Gasteiger partial charge is 0.258 e. The van der Waals surface area contributed by atoms with Crippen LogP contribution in [0, 0.1) is 0 Å². The fourth-order valence-corrected chi connectivity index (χ4v) is 5.11. The minimum absolute atomic E-state index is 0.00544. The summed E-state index contributed by atoms with van der Waals surface area (Å²) in [5.41, 5.74) is 7.33. The molecule has 3 atom stereocenters. The Bertz CT molecular complexity index is 1420. The van der Waals surface area contributed by atoms with Crippen LogP contribution in [0.25, 0.3) is 0 Å². The molecular formula is C38H49N3O3.